The average molecular weight is 335 g/mol. The Balaban J connectivity index is 1.91. The molecule has 3 aromatic rings. The number of nitrogen functional groups attached to an aromatic ring is 1. The van der Waals surface area contributed by atoms with Crippen molar-refractivity contribution in [1.82, 2.24) is 14.8 Å². The summed E-state index contributed by atoms with van der Waals surface area (Å²) in [5.74, 6) is 0. The lowest BCUT2D eigenvalue weighted by Crippen LogP contribution is -2.01. The van der Waals surface area contributed by atoms with E-state index < -0.39 is 0 Å². The molecule has 0 radical (unpaired) electrons. The van der Waals surface area contributed by atoms with E-state index in [1.807, 2.05) is 34.5 Å². The van der Waals surface area contributed by atoms with E-state index >= 15 is 0 Å². The summed E-state index contributed by atoms with van der Waals surface area (Å²) < 4.78 is 2.91. The van der Waals surface area contributed by atoms with E-state index in [-0.39, 0.29) is 0 Å². The maximum atomic E-state index is 6.00. The number of nitrogens with zero attached hydrogens (tertiary/aromatic N) is 3. The van der Waals surface area contributed by atoms with Crippen LogP contribution in [0, 0.1) is 0 Å². The molecule has 1 aromatic carbocycles. The SMILES string of the molecule is Nc1cn(Cc2ccccc2Br)nc1-c1nccs1. The minimum atomic E-state index is 0.655. The molecule has 0 unspecified atom stereocenters. The predicted octanol–water partition coefficient (Wildman–Crippen LogP) is 3.40. The lowest BCUT2D eigenvalue weighted by molar-refractivity contribution is 0.687. The molecule has 2 N–H and O–H groups in total. The van der Waals surface area contributed by atoms with Gasteiger partial charge < -0.3 is 5.73 Å². The van der Waals surface area contributed by atoms with Crippen LogP contribution in [0.5, 0.6) is 0 Å². The molecule has 4 nitrogen and oxygen atoms in total. The van der Waals surface area contributed by atoms with Crippen molar-refractivity contribution < 1.29 is 0 Å². The van der Waals surface area contributed by atoms with Crippen LogP contribution >= 0.6 is 27.3 Å². The number of benzene rings is 1. The molecule has 0 fully saturated rings. The van der Waals surface area contributed by atoms with Gasteiger partial charge in [-0.2, -0.15) is 5.10 Å². The second-order valence-electron chi connectivity index (χ2n) is 4.06. The van der Waals surface area contributed by atoms with Crippen LogP contribution in [0.1, 0.15) is 5.56 Å². The highest BCUT2D eigenvalue weighted by Gasteiger charge is 2.11. The first-order valence-corrected chi connectivity index (χ1v) is 7.37. The van der Waals surface area contributed by atoms with Crippen molar-refractivity contribution in [3.8, 4) is 10.7 Å². The summed E-state index contributed by atoms with van der Waals surface area (Å²) >= 11 is 5.07. The Kier molecular flexibility index (Phi) is 3.35. The number of thiazole rings is 1. The van der Waals surface area contributed by atoms with Gasteiger partial charge in [0, 0.05) is 22.2 Å². The number of anilines is 1. The smallest absolute Gasteiger partial charge is 0.145 e. The zero-order valence-electron chi connectivity index (χ0n) is 9.95. The van der Waals surface area contributed by atoms with Crippen LogP contribution in [0.2, 0.25) is 0 Å². The van der Waals surface area contributed by atoms with E-state index in [9.17, 15) is 0 Å². The molecule has 0 amide bonds. The van der Waals surface area contributed by atoms with Gasteiger partial charge in [-0.25, -0.2) is 4.98 Å². The first-order valence-electron chi connectivity index (χ1n) is 5.70. The molecule has 3 rings (SSSR count). The average Bonchev–Trinajstić information content (AvgIpc) is 3.01. The number of nitrogens with two attached hydrogens (primary N) is 1. The van der Waals surface area contributed by atoms with Crippen LogP contribution in [0.3, 0.4) is 0 Å². The van der Waals surface area contributed by atoms with Gasteiger partial charge in [0.25, 0.3) is 0 Å². The van der Waals surface area contributed by atoms with Crippen LogP contribution in [0.15, 0.2) is 46.5 Å². The summed E-state index contributed by atoms with van der Waals surface area (Å²) in [6, 6.07) is 8.08. The standard InChI is InChI=1S/C13H11BrN4S/c14-10-4-2-1-3-9(10)7-18-8-11(15)12(17-18)13-16-5-6-19-13/h1-6,8H,7,15H2. The fourth-order valence-corrected chi connectivity index (χ4v) is 2.88. The fraction of sp³-hybridized carbons (Fsp3) is 0.0769. The van der Waals surface area contributed by atoms with Crippen molar-refractivity contribution in [2.75, 3.05) is 5.73 Å². The number of halogens is 1. The summed E-state index contributed by atoms with van der Waals surface area (Å²) in [5, 5.41) is 7.28. The number of aromatic nitrogens is 3. The molecule has 0 aliphatic rings. The van der Waals surface area contributed by atoms with E-state index in [4.69, 9.17) is 5.73 Å². The highest BCUT2D eigenvalue weighted by atomic mass is 79.9. The summed E-state index contributed by atoms with van der Waals surface area (Å²) in [6.07, 6.45) is 3.60. The van der Waals surface area contributed by atoms with Crippen molar-refractivity contribution in [2.24, 2.45) is 0 Å². The van der Waals surface area contributed by atoms with Crippen molar-refractivity contribution in [3.05, 3.63) is 52.1 Å². The van der Waals surface area contributed by atoms with Crippen LogP contribution in [-0.4, -0.2) is 14.8 Å². The Bertz CT molecular complexity index is 690. The molecule has 96 valence electrons. The molecule has 0 spiro atoms. The van der Waals surface area contributed by atoms with Crippen molar-refractivity contribution in [3.63, 3.8) is 0 Å². The van der Waals surface area contributed by atoms with Gasteiger partial charge in [-0.3, -0.25) is 4.68 Å². The van der Waals surface area contributed by atoms with Crippen LogP contribution in [0.25, 0.3) is 10.7 Å². The van der Waals surface area contributed by atoms with E-state index in [0.717, 1.165) is 20.7 Å². The van der Waals surface area contributed by atoms with E-state index in [1.54, 1.807) is 6.20 Å². The number of hydrogen-bond acceptors (Lipinski definition) is 4. The molecule has 0 bridgehead atoms. The highest BCUT2D eigenvalue weighted by Crippen LogP contribution is 2.26. The van der Waals surface area contributed by atoms with Gasteiger partial charge in [0.2, 0.25) is 0 Å². The summed E-state index contributed by atoms with van der Waals surface area (Å²) in [7, 11) is 0. The lowest BCUT2D eigenvalue weighted by Gasteiger charge is -2.03. The quantitative estimate of drug-likeness (QED) is 0.798. The zero-order chi connectivity index (χ0) is 13.2. The summed E-state index contributed by atoms with van der Waals surface area (Å²) in [6.45, 7) is 0.678. The Hall–Kier alpha value is -1.66. The van der Waals surface area contributed by atoms with Crippen molar-refractivity contribution in [1.29, 1.82) is 0 Å². The molecule has 2 aromatic heterocycles. The number of hydrogen-bond donors (Lipinski definition) is 1. The number of rotatable bonds is 3. The molecule has 0 atom stereocenters. The van der Waals surface area contributed by atoms with E-state index in [1.165, 1.54) is 11.3 Å². The maximum Gasteiger partial charge on any atom is 0.145 e. The third-order valence-electron chi connectivity index (χ3n) is 2.72. The van der Waals surface area contributed by atoms with E-state index in [2.05, 4.69) is 32.1 Å². The second kappa shape index (κ2) is 5.14. The third-order valence-corrected chi connectivity index (χ3v) is 4.27. The Morgan fingerprint density at radius 3 is 2.89 bits per heavy atom. The molecule has 2 heterocycles. The van der Waals surface area contributed by atoms with Gasteiger partial charge in [-0.1, -0.05) is 34.1 Å². The van der Waals surface area contributed by atoms with Gasteiger partial charge in [-0.15, -0.1) is 11.3 Å². The van der Waals surface area contributed by atoms with Gasteiger partial charge in [0.1, 0.15) is 10.7 Å². The first-order chi connectivity index (χ1) is 9.24. The summed E-state index contributed by atoms with van der Waals surface area (Å²) in [5.41, 5.74) is 8.57. The molecule has 19 heavy (non-hydrogen) atoms. The molecular weight excluding hydrogens is 324 g/mol. The van der Waals surface area contributed by atoms with E-state index in [0.29, 0.717) is 12.2 Å². The molecule has 0 saturated heterocycles. The predicted molar refractivity (Wildman–Crippen MR) is 81.0 cm³/mol. The minimum absolute atomic E-state index is 0.655. The summed E-state index contributed by atoms with van der Waals surface area (Å²) in [4.78, 5) is 4.24. The third kappa shape index (κ3) is 2.54. The van der Waals surface area contributed by atoms with Gasteiger partial charge >= 0.3 is 0 Å². The molecule has 6 heteroatoms. The monoisotopic (exact) mass is 334 g/mol. The molecule has 0 aliphatic carbocycles. The molecular formula is C13H11BrN4S. The van der Waals surface area contributed by atoms with Gasteiger partial charge in [0.05, 0.1) is 12.2 Å². The van der Waals surface area contributed by atoms with Crippen molar-refractivity contribution in [2.45, 2.75) is 6.54 Å². The maximum absolute atomic E-state index is 6.00. The Labute approximate surface area is 123 Å². The van der Waals surface area contributed by atoms with Crippen molar-refractivity contribution >= 4 is 33.0 Å². The van der Waals surface area contributed by atoms with Crippen LogP contribution in [0.4, 0.5) is 5.69 Å². The highest BCUT2D eigenvalue weighted by molar-refractivity contribution is 9.10. The normalized spacial score (nSPS) is 10.8. The topological polar surface area (TPSA) is 56.7 Å². The lowest BCUT2D eigenvalue weighted by atomic mass is 10.2. The first kappa shape index (κ1) is 12.4. The van der Waals surface area contributed by atoms with Gasteiger partial charge in [-0.05, 0) is 11.6 Å². The largest absolute Gasteiger partial charge is 0.396 e. The Morgan fingerprint density at radius 2 is 2.16 bits per heavy atom. The molecule has 0 aliphatic heterocycles. The Morgan fingerprint density at radius 1 is 1.32 bits per heavy atom. The second-order valence-corrected chi connectivity index (χ2v) is 5.81. The van der Waals surface area contributed by atoms with Crippen LogP contribution < -0.4 is 5.73 Å². The van der Waals surface area contributed by atoms with Crippen LogP contribution in [-0.2, 0) is 6.54 Å². The fourth-order valence-electron chi connectivity index (χ4n) is 1.83. The zero-order valence-corrected chi connectivity index (χ0v) is 12.4. The minimum Gasteiger partial charge on any atom is -0.396 e. The van der Waals surface area contributed by atoms with Gasteiger partial charge in [0.15, 0.2) is 0 Å². The molecule has 0 saturated carbocycles.